The second-order valence-electron chi connectivity index (χ2n) is 2.10. The van der Waals surface area contributed by atoms with Gasteiger partial charge in [0.2, 0.25) is 0 Å². The van der Waals surface area contributed by atoms with E-state index in [1.807, 2.05) is 11.8 Å². The van der Waals surface area contributed by atoms with E-state index in [0.29, 0.717) is 5.25 Å². The molecule has 0 aromatic heterocycles. The molecule has 1 nitrogen and oxygen atoms in total. The fourth-order valence-corrected chi connectivity index (χ4v) is 3.30. The van der Waals surface area contributed by atoms with E-state index in [9.17, 15) is 4.79 Å². The predicted molar refractivity (Wildman–Crippen MR) is 44.0 cm³/mol. The fourth-order valence-electron chi connectivity index (χ4n) is 0.841. The number of hydrogen-bond acceptors (Lipinski definition) is 3. The standard InChI is InChI=1S/C6H10OS2/c1-5(7)9-6-2-3-8-4-6/h6H,2-4H2,1H3/t6-/m1/s1. The molecule has 1 aliphatic heterocycles. The van der Waals surface area contributed by atoms with Crippen LogP contribution in [0.4, 0.5) is 0 Å². The molecule has 0 saturated carbocycles. The lowest BCUT2D eigenvalue weighted by molar-refractivity contribution is -0.109. The molecule has 0 amide bonds. The van der Waals surface area contributed by atoms with E-state index in [1.165, 1.54) is 29.7 Å². The average Bonchev–Trinajstić information content (AvgIpc) is 2.15. The maximum absolute atomic E-state index is 10.6. The van der Waals surface area contributed by atoms with Crippen LogP contribution < -0.4 is 0 Å². The summed E-state index contributed by atoms with van der Waals surface area (Å²) >= 11 is 3.45. The van der Waals surface area contributed by atoms with Crippen LogP contribution >= 0.6 is 23.5 Å². The summed E-state index contributed by atoms with van der Waals surface area (Å²) in [4.78, 5) is 10.6. The van der Waals surface area contributed by atoms with E-state index in [2.05, 4.69) is 0 Å². The SMILES string of the molecule is CC(=O)S[C@@H]1CCSC1. The third-order valence-corrected chi connectivity index (χ3v) is 3.66. The molecule has 0 aromatic rings. The number of hydrogen-bond donors (Lipinski definition) is 0. The second kappa shape index (κ2) is 3.52. The molecular weight excluding hydrogens is 152 g/mol. The van der Waals surface area contributed by atoms with Gasteiger partial charge < -0.3 is 0 Å². The Morgan fingerprint density at radius 3 is 3.00 bits per heavy atom. The first-order valence-electron chi connectivity index (χ1n) is 3.04. The van der Waals surface area contributed by atoms with Gasteiger partial charge in [0.15, 0.2) is 5.12 Å². The largest absolute Gasteiger partial charge is 0.288 e. The quantitative estimate of drug-likeness (QED) is 0.585. The molecule has 0 N–H and O–H groups in total. The molecule has 0 unspecified atom stereocenters. The molecule has 0 spiro atoms. The molecule has 0 aromatic carbocycles. The highest BCUT2D eigenvalue weighted by Gasteiger charge is 2.16. The van der Waals surface area contributed by atoms with Gasteiger partial charge in [0.1, 0.15) is 0 Å². The van der Waals surface area contributed by atoms with E-state index < -0.39 is 0 Å². The Labute approximate surface area is 64.0 Å². The molecule has 1 heterocycles. The normalized spacial score (nSPS) is 26.6. The van der Waals surface area contributed by atoms with Gasteiger partial charge in [0.25, 0.3) is 0 Å². The van der Waals surface area contributed by atoms with Gasteiger partial charge in [-0.05, 0) is 12.2 Å². The van der Waals surface area contributed by atoms with Crippen molar-refractivity contribution in [1.82, 2.24) is 0 Å². The third-order valence-electron chi connectivity index (χ3n) is 1.22. The Morgan fingerprint density at radius 2 is 2.56 bits per heavy atom. The number of carbonyl (C=O) groups excluding carboxylic acids is 1. The minimum absolute atomic E-state index is 0.266. The summed E-state index contributed by atoms with van der Waals surface area (Å²) in [6.07, 6.45) is 1.22. The molecule has 1 atom stereocenters. The topological polar surface area (TPSA) is 17.1 Å². The van der Waals surface area contributed by atoms with Crippen molar-refractivity contribution >= 4 is 28.6 Å². The van der Waals surface area contributed by atoms with E-state index in [-0.39, 0.29) is 5.12 Å². The molecule has 0 radical (unpaired) electrons. The van der Waals surface area contributed by atoms with Crippen LogP contribution in [0.2, 0.25) is 0 Å². The lowest BCUT2D eigenvalue weighted by atomic mass is 10.4. The van der Waals surface area contributed by atoms with Crippen molar-refractivity contribution in [3.8, 4) is 0 Å². The molecule has 0 aliphatic carbocycles. The van der Waals surface area contributed by atoms with Crippen LogP contribution in [0.3, 0.4) is 0 Å². The Bertz CT molecular complexity index is 108. The summed E-state index contributed by atoms with van der Waals surface area (Å²) in [5.41, 5.74) is 0. The van der Waals surface area contributed by atoms with Crippen LogP contribution in [0, 0.1) is 0 Å². The van der Waals surface area contributed by atoms with Gasteiger partial charge in [-0.25, -0.2) is 0 Å². The summed E-state index contributed by atoms with van der Waals surface area (Å²) in [7, 11) is 0. The van der Waals surface area contributed by atoms with E-state index >= 15 is 0 Å². The molecule has 52 valence electrons. The third kappa shape index (κ3) is 2.63. The number of thioether (sulfide) groups is 2. The van der Waals surface area contributed by atoms with Crippen molar-refractivity contribution in [2.24, 2.45) is 0 Å². The molecule has 1 rings (SSSR count). The van der Waals surface area contributed by atoms with Gasteiger partial charge in [0, 0.05) is 17.9 Å². The first-order valence-corrected chi connectivity index (χ1v) is 5.07. The van der Waals surface area contributed by atoms with Crippen molar-refractivity contribution in [1.29, 1.82) is 0 Å². The van der Waals surface area contributed by atoms with Crippen LogP contribution in [0.25, 0.3) is 0 Å². The predicted octanol–water partition coefficient (Wildman–Crippen LogP) is 1.77. The van der Waals surface area contributed by atoms with Crippen LogP contribution in [0.5, 0.6) is 0 Å². The van der Waals surface area contributed by atoms with Crippen LogP contribution in [-0.4, -0.2) is 21.9 Å². The van der Waals surface area contributed by atoms with Gasteiger partial charge in [0.05, 0.1) is 0 Å². The molecule has 1 aliphatic rings. The van der Waals surface area contributed by atoms with Gasteiger partial charge in [-0.3, -0.25) is 4.79 Å². The number of rotatable bonds is 1. The monoisotopic (exact) mass is 162 g/mol. The first kappa shape index (κ1) is 7.48. The van der Waals surface area contributed by atoms with Gasteiger partial charge in [-0.1, -0.05) is 11.8 Å². The van der Waals surface area contributed by atoms with Crippen molar-refractivity contribution in [2.75, 3.05) is 11.5 Å². The van der Waals surface area contributed by atoms with Gasteiger partial charge >= 0.3 is 0 Å². The van der Waals surface area contributed by atoms with Crippen LogP contribution in [-0.2, 0) is 4.79 Å². The Morgan fingerprint density at radius 1 is 1.78 bits per heavy atom. The number of carbonyl (C=O) groups is 1. The maximum Gasteiger partial charge on any atom is 0.186 e. The highest BCUT2D eigenvalue weighted by molar-refractivity contribution is 8.15. The Balaban J connectivity index is 2.19. The first-order chi connectivity index (χ1) is 4.29. The van der Waals surface area contributed by atoms with E-state index in [1.54, 1.807) is 6.92 Å². The van der Waals surface area contributed by atoms with Gasteiger partial charge in [-0.2, -0.15) is 11.8 Å². The summed E-state index contributed by atoms with van der Waals surface area (Å²) in [5.74, 6) is 2.41. The summed E-state index contributed by atoms with van der Waals surface area (Å²) < 4.78 is 0. The zero-order valence-electron chi connectivity index (χ0n) is 5.42. The Hall–Kier alpha value is 0.370. The summed E-state index contributed by atoms with van der Waals surface area (Å²) in [6, 6.07) is 0. The lowest BCUT2D eigenvalue weighted by Crippen LogP contribution is -2.01. The maximum atomic E-state index is 10.6. The van der Waals surface area contributed by atoms with E-state index in [4.69, 9.17) is 0 Å². The molecular formula is C6H10OS2. The van der Waals surface area contributed by atoms with Crippen LogP contribution in [0.1, 0.15) is 13.3 Å². The highest BCUT2D eigenvalue weighted by Crippen LogP contribution is 2.27. The van der Waals surface area contributed by atoms with Crippen molar-refractivity contribution < 1.29 is 4.79 Å². The average molecular weight is 162 g/mol. The Kier molecular flexibility index (Phi) is 2.92. The van der Waals surface area contributed by atoms with Gasteiger partial charge in [-0.15, -0.1) is 0 Å². The smallest absolute Gasteiger partial charge is 0.186 e. The van der Waals surface area contributed by atoms with E-state index in [0.717, 1.165) is 0 Å². The minimum Gasteiger partial charge on any atom is -0.288 e. The molecule has 1 saturated heterocycles. The van der Waals surface area contributed by atoms with Crippen molar-refractivity contribution in [3.63, 3.8) is 0 Å². The minimum atomic E-state index is 0.266. The molecule has 9 heavy (non-hydrogen) atoms. The zero-order chi connectivity index (χ0) is 6.69. The molecule has 1 fully saturated rings. The lowest BCUT2D eigenvalue weighted by Gasteiger charge is -2.01. The second-order valence-corrected chi connectivity index (χ2v) is 4.72. The molecule has 0 bridgehead atoms. The van der Waals surface area contributed by atoms with Crippen LogP contribution in [0.15, 0.2) is 0 Å². The summed E-state index contributed by atoms with van der Waals surface area (Å²) in [6.45, 7) is 1.65. The van der Waals surface area contributed by atoms with Crippen molar-refractivity contribution in [2.45, 2.75) is 18.6 Å². The molecule has 3 heteroatoms. The fraction of sp³-hybridized carbons (Fsp3) is 0.833. The highest BCUT2D eigenvalue weighted by atomic mass is 32.2. The van der Waals surface area contributed by atoms with Crippen molar-refractivity contribution in [3.05, 3.63) is 0 Å². The summed E-state index contributed by atoms with van der Waals surface area (Å²) in [5, 5.41) is 0.884. The zero-order valence-corrected chi connectivity index (χ0v) is 7.06.